The average molecular weight is 646 g/mol. The van der Waals surface area contributed by atoms with Crippen LogP contribution in [0, 0.1) is 41.2 Å². The monoisotopic (exact) mass is 646 g/mol. The Kier molecular flexibility index (Phi) is 7.80. The zero-order valence-corrected chi connectivity index (χ0v) is 23.2. The Morgan fingerprint density at radius 3 is 2.20 bits per heavy atom. The van der Waals surface area contributed by atoms with Crippen molar-refractivity contribution in [2.45, 2.75) is 27.7 Å². The molecule has 2 nitrogen and oxygen atoms in total. The van der Waals surface area contributed by atoms with Crippen molar-refractivity contribution in [3.05, 3.63) is 90.5 Å². The van der Waals surface area contributed by atoms with Gasteiger partial charge in [0.05, 0.1) is 11.3 Å². The largest absolute Gasteiger partial charge is 0.358 e. The van der Waals surface area contributed by atoms with Gasteiger partial charge in [-0.3, -0.25) is 4.98 Å². The summed E-state index contributed by atoms with van der Waals surface area (Å²) in [5.41, 5.74) is 9.73. The molecule has 152 valence electrons. The Bertz CT molecular complexity index is 1350. The van der Waals surface area contributed by atoms with Crippen molar-refractivity contribution in [1.29, 1.82) is 0 Å². The van der Waals surface area contributed by atoms with Crippen molar-refractivity contribution in [1.82, 2.24) is 9.38 Å². The maximum atomic E-state index is 4.84. The van der Waals surface area contributed by atoms with Crippen molar-refractivity contribution < 1.29 is 52.8 Å². The third kappa shape index (κ3) is 3.71. The molecule has 30 heavy (non-hydrogen) atoms. The summed E-state index contributed by atoms with van der Waals surface area (Å²) in [6.07, 6.45) is 2.01. The van der Waals surface area contributed by atoms with Gasteiger partial charge in [-0.15, -0.1) is 29.7 Å². The second kappa shape index (κ2) is 9.41. The van der Waals surface area contributed by atoms with E-state index in [0.717, 1.165) is 16.7 Å². The zero-order valence-electron chi connectivity index (χ0n) is 18.0. The molecule has 0 aliphatic carbocycles. The van der Waals surface area contributed by atoms with Crippen molar-refractivity contribution in [3.63, 3.8) is 0 Å². The molecule has 0 aliphatic heterocycles. The van der Waals surface area contributed by atoms with E-state index in [-0.39, 0.29) is 60.2 Å². The van der Waals surface area contributed by atoms with Gasteiger partial charge < -0.3 is 11.8 Å². The van der Waals surface area contributed by atoms with Crippen LogP contribution in [0.5, 0.6) is 0 Å². The molecule has 0 spiro atoms. The Labute approximate surface area is 217 Å². The zero-order chi connectivity index (χ0) is 18.7. The maximum Gasteiger partial charge on any atom is 0.0639 e. The van der Waals surface area contributed by atoms with Gasteiger partial charge in [0.2, 0.25) is 0 Å². The Morgan fingerprint density at radius 2 is 1.50 bits per heavy atom. The van der Waals surface area contributed by atoms with Crippen molar-refractivity contribution in [2.24, 2.45) is 0 Å². The van der Waals surface area contributed by atoms with Gasteiger partial charge >= 0.3 is 0 Å². The first-order valence-corrected chi connectivity index (χ1v) is 9.33. The van der Waals surface area contributed by atoms with Crippen molar-refractivity contribution >= 4 is 27.3 Å². The number of hydrogen-bond donors (Lipinski definition) is 0. The summed E-state index contributed by atoms with van der Waals surface area (Å²) in [6.45, 7) is 8.70. The first-order chi connectivity index (χ1) is 13.1. The summed E-state index contributed by atoms with van der Waals surface area (Å²) in [5, 5.41) is 3.54. The Balaban J connectivity index is 0.00000107. The first-order valence-electron chi connectivity index (χ1n) is 9.33. The van der Waals surface area contributed by atoms with E-state index in [4.69, 9.17) is 4.98 Å². The van der Waals surface area contributed by atoms with Gasteiger partial charge in [0.1, 0.15) is 0 Å². The Hall–Kier alpha value is -1.38. The quantitative estimate of drug-likeness (QED) is 0.145. The number of nitrogens with zero attached hydrogens (tertiary/aromatic N) is 2. The fourth-order valence-electron chi connectivity index (χ4n) is 4.21. The predicted octanol–water partition coefficient (Wildman–Crippen LogP) is 6.79. The van der Waals surface area contributed by atoms with E-state index in [0.29, 0.717) is 0 Å². The van der Waals surface area contributed by atoms with Gasteiger partial charge in [0.15, 0.2) is 0 Å². The SMILES string of the molecule is Cc1cc2c3ccc[c-]c3c3ncc(-c4c(C)cccc4C)n3c2cc1C.[CH3-].[Ir].[Y]. The van der Waals surface area contributed by atoms with Crippen LogP contribution in [0.3, 0.4) is 0 Å². The standard InChI is InChI=1S/C25H21N2.CH3.Ir.Y/c1-15-8-7-9-16(2)24(15)23-14-26-25-20-11-6-5-10-19(20)21-12-17(3)18(4)13-22(21)27(23)25;;;/h5-10,12-14H,1-4H3;1H3;;/q2*-1;;. The normalized spacial score (nSPS) is 10.5. The van der Waals surface area contributed by atoms with E-state index in [1.807, 2.05) is 12.3 Å². The predicted molar refractivity (Wildman–Crippen MR) is 120 cm³/mol. The molecule has 0 amide bonds. The number of benzene rings is 3. The minimum absolute atomic E-state index is 0. The minimum atomic E-state index is 0. The van der Waals surface area contributed by atoms with Crippen molar-refractivity contribution in [3.8, 4) is 11.3 Å². The molecule has 5 aromatic rings. The van der Waals surface area contributed by atoms with Crippen LogP contribution in [0.25, 0.3) is 38.6 Å². The van der Waals surface area contributed by atoms with Gasteiger partial charge in [-0.05, 0) is 61.4 Å². The third-order valence-corrected chi connectivity index (χ3v) is 5.72. The topological polar surface area (TPSA) is 17.3 Å². The first kappa shape index (κ1) is 24.9. The van der Waals surface area contributed by atoms with Crippen LogP contribution in [0.2, 0.25) is 0 Å². The molecule has 2 radical (unpaired) electrons. The van der Waals surface area contributed by atoms with E-state index >= 15 is 0 Å². The van der Waals surface area contributed by atoms with E-state index < -0.39 is 0 Å². The summed E-state index contributed by atoms with van der Waals surface area (Å²) in [5.74, 6) is 0. The molecule has 0 fully saturated rings. The molecule has 0 saturated carbocycles. The number of aromatic nitrogens is 2. The van der Waals surface area contributed by atoms with Gasteiger partial charge in [0.25, 0.3) is 0 Å². The summed E-state index contributed by atoms with van der Waals surface area (Å²) in [4.78, 5) is 4.84. The molecule has 3 aromatic carbocycles. The smallest absolute Gasteiger partial charge is 0.0639 e. The minimum Gasteiger partial charge on any atom is -0.358 e. The van der Waals surface area contributed by atoms with Crippen LogP contribution in [0.1, 0.15) is 22.3 Å². The number of hydrogen-bond acceptors (Lipinski definition) is 1. The summed E-state index contributed by atoms with van der Waals surface area (Å²) in [7, 11) is 0. The van der Waals surface area contributed by atoms with Gasteiger partial charge in [-0.25, -0.2) is 0 Å². The van der Waals surface area contributed by atoms with Crippen LogP contribution >= 0.6 is 0 Å². The number of imidazole rings is 1. The van der Waals surface area contributed by atoms with E-state index in [1.165, 1.54) is 44.1 Å². The van der Waals surface area contributed by atoms with Gasteiger partial charge in [0, 0.05) is 70.1 Å². The number of aryl methyl sites for hydroxylation is 4. The fraction of sp³-hybridized carbons (Fsp3) is 0.154. The number of fused-ring (bicyclic) bond motifs is 6. The van der Waals surface area contributed by atoms with Crippen LogP contribution in [-0.2, 0) is 52.8 Å². The third-order valence-electron chi connectivity index (χ3n) is 5.72. The van der Waals surface area contributed by atoms with E-state index in [1.54, 1.807) is 0 Å². The van der Waals surface area contributed by atoms with Crippen LogP contribution in [0.4, 0.5) is 0 Å². The van der Waals surface area contributed by atoms with Gasteiger partial charge in [-0.1, -0.05) is 29.7 Å². The molecule has 0 aliphatic rings. The van der Waals surface area contributed by atoms with E-state index in [2.05, 4.69) is 80.6 Å². The molecular weight excluding hydrogens is 621 g/mol. The number of rotatable bonds is 1. The average Bonchev–Trinajstić information content (AvgIpc) is 3.08. The summed E-state index contributed by atoms with van der Waals surface area (Å²) >= 11 is 0. The van der Waals surface area contributed by atoms with E-state index in [9.17, 15) is 0 Å². The summed E-state index contributed by atoms with van der Waals surface area (Å²) < 4.78 is 2.32. The molecule has 2 aromatic heterocycles. The van der Waals surface area contributed by atoms with Gasteiger partial charge in [-0.2, -0.15) is 0 Å². The molecule has 0 unspecified atom stereocenters. The molecular formula is C26H24IrN2Y-2. The second-order valence-electron chi connectivity index (χ2n) is 7.48. The summed E-state index contributed by atoms with van der Waals surface area (Å²) in [6, 6.07) is 20.7. The van der Waals surface area contributed by atoms with Crippen molar-refractivity contribution in [2.75, 3.05) is 0 Å². The second-order valence-corrected chi connectivity index (χ2v) is 7.48. The van der Waals surface area contributed by atoms with Crippen LogP contribution in [0.15, 0.2) is 54.7 Å². The molecule has 2 heterocycles. The molecule has 0 N–H and O–H groups in total. The Morgan fingerprint density at radius 1 is 0.833 bits per heavy atom. The molecule has 0 saturated heterocycles. The molecule has 0 bridgehead atoms. The molecule has 0 atom stereocenters. The van der Waals surface area contributed by atoms with Crippen LogP contribution in [-0.4, -0.2) is 9.38 Å². The fourth-order valence-corrected chi connectivity index (χ4v) is 4.21. The molecule has 4 heteroatoms. The molecule has 5 rings (SSSR count). The number of pyridine rings is 1. The van der Waals surface area contributed by atoms with Crippen LogP contribution < -0.4 is 0 Å². The maximum absolute atomic E-state index is 4.84.